The Morgan fingerprint density at radius 2 is 1.79 bits per heavy atom. The molecular weight excluding hydrogens is 239 g/mol. The Morgan fingerprint density at radius 3 is 2.37 bits per heavy atom. The van der Waals surface area contributed by atoms with Gasteiger partial charge in [0.25, 0.3) is 0 Å². The number of rotatable bonds is 3. The van der Waals surface area contributed by atoms with E-state index in [1.807, 2.05) is 13.0 Å². The molecule has 2 nitrogen and oxygen atoms in total. The zero-order chi connectivity index (χ0) is 14.0. The summed E-state index contributed by atoms with van der Waals surface area (Å²) in [5.74, 6) is -0.195. The van der Waals surface area contributed by atoms with Gasteiger partial charge in [0.2, 0.25) is 0 Å². The van der Waals surface area contributed by atoms with Crippen LogP contribution in [0.2, 0.25) is 0 Å². The third-order valence-electron chi connectivity index (χ3n) is 4.36. The first kappa shape index (κ1) is 14.5. The molecular formula is C16H25FN2. The molecule has 106 valence electrons. The minimum absolute atomic E-state index is 0.138. The molecule has 3 heteroatoms. The van der Waals surface area contributed by atoms with Crippen LogP contribution in [0.25, 0.3) is 0 Å². The summed E-state index contributed by atoms with van der Waals surface area (Å²) >= 11 is 0. The van der Waals surface area contributed by atoms with Crippen molar-refractivity contribution in [2.45, 2.75) is 51.6 Å². The van der Waals surface area contributed by atoms with Crippen molar-refractivity contribution >= 4 is 0 Å². The number of halogens is 1. The molecule has 0 saturated carbocycles. The molecule has 0 radical (unpaired) electrons. The predicted octanol–water partition coefficient (Wildman–Crippen LogP) is 3.40. The van der Waals surface area contributed by atoms with Gasteiger partial charge in [-0.15, -0.1) is 0 Å². The minimum atomic E-state index is -0.195. The quantitative estimate of drug-likeness (QED) is 0.906. The number of benzene rings is 1. The predicted molar refractivity (Wildman–Crippen MR) is 77.6 cm³/mol. The van der Waals surface area contributed by atoms with E-state index >= 15 is 0 Å². The molecule has 1 fully saturated rings. The second-order valence-electron chi connectivity index (χ2n) is 6.24. The Kier molecular flexibility index (Phi) is 4.26. The first-order valence-electron chi connectivity index (χ1n) is 7.19. The van der Waals surface area contributed by atoms with Crippen LogP contribution in [0.5, 0.6) is 0 Å². The number of aryl methyl sites for hydroxylation is 1. The Morgan fingerprint density at radius 1 is 1.16 bits per heavy atom. The highest BCUT2D eigenvalue weighted by Gasteiger charge is 2.34. The van der Waals surface area contributed by atoms with Crippen LogP contribution < -0.4 is 5.73 Å². The van der Waals surface area contributed by atoms with Gasteiger partial charge >= 0.3 is 0 Å². The molecule has 1 aromatic carbocycles. The van der Waals surface area contributed by atoms with Crippen LogP contribution >= 0.6 is 0 Å². The van der Waals surface area contributed by atoms with Gasteiger partial charge < -0.3 is 5.73 Å². The van der Waals surface area contributed by atoms with Crippen molar-refractivity contribution in [2.75, 3.05) is 13.1 Å². The lowest BCUT2D eigenvalue weighted by Crippen LogP contribution is -2.53. The van der Waals surface area contributed by atoms with Crippen LogP contribution in [0, 0.1) is 12.7 Å². The molecule has 2 N–H and O–H groups in total. The van der Waals surface area contributed by atoms with Gasteiger partial charge in [-0.1, -0.05) is 12.5 Å². The first-order valence-corrected chi connectivity index (χ1v) is 7.19. The summed E-state index contributed by atoms with van der Waals surface area (Å²) < 4.78 is 13.5. The number of piperidine rings is 1. The maximum atomic E-state index is 13.5. The molecule has 0 spiro atoms. The van der Waals surface area contributed by atoms with Crippen molar-refractivity contribution in [1.29, 1.82) is 0 Å². The van der Waals surface area contributed by atoms with Gasteiger partial charge in [-0.05, 0) is 70.0 Å². The van der Waals surface area contributed by atoms with Crippen molar-refractivity contribution in [3.8, 4) is 0 Å². The van der Waals surface area contributed by atoms with Crippen molar-refractivity contribution in [3.63, 3.8) is 0 Å². The summed E-state index contributed by atoms with van der Waals surface area (Å²) in [5, 5.41) is 0. The van der Waals surface area contributed by atoms with E-state index in [9.17, 15) is 4.39 Å². The molecule has 1 unspecified atom stereocenters. The van der Waals surface area contributed by atoms with Crippen LogP contribution in [0.15, 0.2) is 18.2 Å². The minimum Gasteiger partial charge on any atom is -0.322 e. The van der Waals surface area contributed by atoms with E-state index in [1.54, 1.807) is 12.1 Å². The number of nitrogens with zero attached hydrogens (tertiary/aromatic N) is 1. The number of likely N-dealkylation sites (tertiary alicyclic amines) is 1. The largest absolute Gasteiger partial charge is 0.322 e. The van der Waals surface area contributed by atoms with E-state index in [0.29, 0.717) is 0 Å². The van der Waals surface area contributed by atoms with Crippen LogP contribution in [-0.4, -0.2) is 23.5 Å². The van der Waals surface area contributed by atoms with E-state index in [4.69, 9.17) is 5.73 Å². The molecule has 0 aliphatic carbocycles. The van der Waals surface area contributed by atoms with Gasteiger partial charge in [0.05, 0.1) is 0 Å². The average molecular weight is 264 g/mol. The normalized spacial score (nSPS) is 19.4. The van der Waals surface area contributed by atoms with Crippen LogP contribution in [0.1, 0.15) is 50.3 Å². The average Bonchev–Trinajstić information content (AvgIpc) is 2.37. The van der Waals surface area contributed by atoms with Crippen LogP contribution in [0.3, 0.4) is 0 Å². The highest BCUT2D eigenvalue weighted by atomic mass is 19.1. The standard InChI is InChI=1S/C16H25FN2/c1-12-9-13(11-14(17)10-12)15(18)16(2,3)19-7-5-4-6-8-19/h9-11,15H,4-8,18H2,1-3H3. The van der Waals surface area contributed by atoms with E-state index in [2.05, 4.69) is 18.7 Å². The zero-order valence-corrected chi connectivity index (χ0v) is 12.2. The summed E-state index contributed by atoms with van der Waals surface area (Å²) in [7, 11) is 0. The Hall–Kier alpha value is -0.930. The maximum Gasteiger partial charge on any atom is 0.123 e. The molecule has 0 aromatic heterocycles. The van der Waals surface area contributed by atoms with Gasteiger partial charge in [-0.3, -0.25) is 4.90 Å². The fraction of sp³-hybridized carbons (Fsp3) is 0.625. The Bertz CT molecular complexity index is 416. The third kappa shape index (κ3) is 3.15. The summed E-state index contributed by atoms with van der Waals surface area (Å²) in [4.78, 5) is 2.45. The van der Waals surface area contributed by atoms with E-state index in [1.165, 1.54) is 19.3 Å². The molecule has 0 bridgehead atoms. The van der Waals surface area contributed by atoms with E-state index < -0.39 is 0 Å². The van der Waals surface area contributed by atoms with Crippen LogP contribution in [-0.2, 0) is 0 Å². The zero-order valence-electron chi connectivity index (χ0n) is 12.2. The molecule has 1 aliphatic heterocycles. The SMILES string of the molecule is Cc1cc(F)cc(C(N)C(C)(C)N2CCCCC2)c1. The van der Waals surface area contributed by atoms with Gasteiger partial charge in [0.1, 0.15) is 5.82 Å². The number of nitrogens with two attached hydrogens (primary N) is 1. The maximum absolute atomic E-state index is 13.5. The van der Waals surface area contributed by atoms with Gasteiger partial charge in [-0.2, -0.15) is 0 Å². The lowest BCUT2D eigenvalue weighted by Gasteiger charge is -2.44. The fourth-order valence-corrected chi connectivity index (χ4v) is 3.02. The molecule has 19 heavy (non-hydrogen) atoms. The molecule has 1 heterocycles. The van der Waals surface area contributed by atoms with Crippen molar-refractivity contribution < 1.29 is 4.39 Å². The topological polar surface area (TPSA) is 29.3 Å². The Balaban J connectivity index is 2.22. The smallest absolute Gasteiger partial charge is 0.123 e. The second-order valence-corrected chi connectivity index (χ2v) is 6.24. The summed E-state index contributed by atoms with van der Waals surface area (Å²) in [5.41, 5.74) is 8.12. The van der Waals surface area contributed by atoms with Gasteiger partial charge in [0, 0.05) is 11.6 Å². The lowest BCUT2D eigenvalue weighted by molar-refractivity contribution is 0.0729. The molecule has 1 aliphatic rings. The van der Waals surface area contributed by atoms with Crippen molar-refractivity contribution in [1.82, 2.24) is 4.90 Å². The number of hydrogen-bond acceptors (Lipinski definition) is 2. The third-order valence-corrected chi connectivity index (χ3v) is 4.36. The molecule has 1 saturated heterocycles. The highest BCUT2D eigenvalue weighted by molar-refractivity contribution is 5.28. The van der Waals surface area contributed by atoms with Crippen molar-refractivity contribution in [2.24, 2.45) is 5.73 Å². The van der Waals surface area contributed by atoms with Crippen LogP contribution in [0.4, 0.5) is 4.39 Å². The highest BCUT2D eigenvalue weighted by Crippen LogP contribution is 2.32. The summed E-state index contributed by atoms with van der Waals surface area (Å²) in [6, 6.07) is 4.95. The summed E-state index contributed by atoms with van der Waals surface area (Å²) in [6.45, 7) is 8.43. The second kappa shape index (κ2) is 5.59. The Labute approximate surface area is 115 Å². The molecule has 2 rings (SSSR count). The monoisotopic (exact) mass is 264 g/mol. The first-order chi connectivity index (χ1) is 8.91. The van der Waals surface area contributed by atoms with E-state index in [-0.39, 0.29) is 17.4 Å². The molecule has 1 aromatic rings. The van der Waals surface area contributed by atoms with E-state index in [0.717, 1.165) is 24.2 Å². The molecule has 1 atom stereocenters. The number of hydrogen-bond donors (Lipinski definition) is 1. The summed E-state index contributed by atoms with van der Waals surface area (Å²) in [6.07, 6.45) is 3.78. The van der Waals surface area contributed by atoms with Gasteiger partial charge in [0.15, 0.2) is 0 Å². The van der Waals surface area contributed by atoms with Crippen molar-refractivity contribution in [3.05, 3.63) is 35.1 Å². The lowest BCUT2D eigenvalue weighted by atomic mass is 9.85. The molecule has 0 amide bonds. The fourth-order valence-electron chi connectivity index (χ4n) is 3.02. The van der Waals surface area contributed by atoms with Gasteiger partial charge in [-0.25, -0.2) is 4.39 Å².